The average molecular weight is 367 g/mol. The smallest absolute Gasteiger partial charge is 0.233 e. The van der Waals surface area contributed by atoms with Crippen LogP contribution in [0.5, 0.6) is 5.75 Å². The summed E-state index contributed by atoms with van der Waals surface area (Å²) in [6, 6.07) is 7.17. The minimum absolute atomic E-state index is 0.0828. The van der Waals surface area contributed by atoms with E-state index in [1.165, 1.54) is 11.8 Å². The molecule has 2 heterocycles. The molecule has 0 unspecified atom stereocenters. The topological polar surface area (TPSA) is 69.0 Å². The molecule has 2 aromatic rings. The van der Waals surface area contributed by atoms with E-state index in [1.807, 2.05) is 23.7 Å². The number of halogens is 1. The third-order valence-electron chi connectivity index (χ3n) is 3.84. The van der Waals surface area contributed by atoms with Crippen molar-refractivity contribution in [2.24, 2.45) is 7.05 Å². The van der Waals surface area contributed by atoms with Crippen molar-refractivity contribution in [3.05, 3.63) is 35.1 Å². The van der Waals surface area contributed by atoms with Crippen molar-refractivity contribution in [2.75, 3.05) is 6.54 Å². The maximum absolute atomic E-state index is 12.1. The van der Waals surface area contributed by atoms with Gasteiger partial charge in [-0.3, -0.25) is 4.79 Å². The highest BCUT2D eigenvalue weighted by molar-refractivity contribution is 8.00. The Labute approximate surface area is 149 Å². The number of nitrogens with zero attached hydrogens (tertiary/aromatic N) is 3. The number of nitrogens with one attached hydrogen (secondary N) is 1. The van der Waals surface area contributed by atoms with E-state index >= 15 is 0 Å². The number of ether oxygens (including phenoxy) is 1. The number of carbonyl (C=O) groups is 1. The van der Waals surface area contributed by atoms with Gasteiger partial charge in [-0.05, 0) is 37.1 Å². The van der Waals surface area contributed by atoms with Gasteiger partial charge in [0.2, 0.25) is 5.91 Å². The number of benzene rings is 1. The Morgan fingerprint density at radius 3 is 2.92 bits per heavy atom. The summed E-state index contributed by atoms with van der Waals surface area (Å²) in [5, 5.41) is 12.6. The van der Waals surface area contributed by atoms with Gasteiger partial charge in [-0.25, -0.2) is 0 Å². The fraction of sp³-hybridized carbons (Fsp3) is 0.438. The molecule has 1 aromatic carbocycles. The van der Waals surface area contributed by atoms with Crippen LogP contribution in [-0.2, 0) is 18.4 Å². The minimum Gasteiger partial charge on any atom is -0.486 e. The molecule has 128 valence electrons. The van der Waals surface area contributed by atoms with Crippen molar-refractivity contribution in [3.8, 4) is 5.75 Å². The molecule has 1 atom stereocenters. The van der Waals surface area contributed by atoms with Crippen molar-refractivity contribution in [2.45, 2.75) is 36.3 Å². The van der Waals surface area contributed by atoms with Crippen molar-refractivity contribution in [1.82, 2.24) is 20.1 Å². The van der Waals surface area contributed by atoms with E-state index < -0.39 is 0 Å². The fourth-order valence-electron chi connectivity index (χ4n) is 2.40. The van der Waals surface area contributed by atoms with Gasteiger partial charge in [0.25, 0.3) is 0 Å². The summed E-state index contributed by atoms with van der Waals surface area (Å²) >= 11 is 7.32. The van der Waals surface area contributed by atoms with Crippen LogP contribution in [0.3, 0.4) is 0 Å². The average Bonchev–Trinajstić information content (AvgIpc) is 2.79. The number of hydrogen-bond acceptors (Lipinski definition) is 5. The quantitative estimate of drug-likeness (QED) is 0.881. The van der Waals surface area contributed by atoms with Gasteiger partial charge < -0.3 is 14.6 Å². The summed E-state index contributed by atoms with van der Waals surface area (Å²) in [6.07, 6.45) is 2.93. The Morgan fingerprint density at radius 1 is 1.33 bits per heavy atom. The Hall–Kier alpha value is -1.73. The van der Waals surface area contributed by atoms with E-state index in [9.17, 15) is 4.79 Å². The van der Waals surface area contributed by atoms with Gasteiger partial charge in [0.1, 0.15) is 12.4 Å². The molecule has 6 nitrogen and oxygen atoms in total. The minimum atomic E-state index is -0.111. The van der Waals surface area contributed by atoms with Gasteiger partial charge in [-0.1, -0.05) is 29.8 Å². The Bertz CT molecular complexity index is 705. The molecule has 1 aliphatic heterocycles. The zero-order valence-corrected chi connectivity index (χ0v) is 14.9. The van der Waals surface area contributed by atoms with E-state index in [2.05, 4.69) is 15.5 Å². The molecule has 0 aliphatic carbocycles. The van der Waals surface area contributed by atoms with Gasteiger partial charge in [-0.15, -0.1) is 10.2 Å². The first-order valence-corrected chi connectivity index (χ1v) is 9.10. The highest BCUT2D eigenvalue weighted by Gasteiger charge is 2.24. The lowest BCUT2D eigenvalue weighted by Crippen LogP contribution is -2.30. The molecule has 24 heavy (non-hydrogen) atoms. The normalized spacial score (nSPS) is 18.1. The summed E-state index contributed by atoms with van der Waals surface area (Å²) in [5.74, 6) is 1.51. The van der Waals surface area contributed by atoms with Crippen LogP contribution < -0.4 is 10.1 Å². The van der Waals surface area contributed by atoms with Gasteiger partial charge in [-0.2, -0.15) is 0 Å². The molecule has 1 N–H and O–H groups in total. The van der Waals surface area contributed by atoms with Gasteiger partial charge in [0.15, 0.2) is 11.0 Å². The lowest BCUT2D eigenvalue weighted by atomic mass is 10.2. The zero-order valence-electron chi connectivity index (χ0n) is 13.4. The largest absolute Gasteiger partial charge is 0.486 e. The second-order valence-corrected chi connectivity index (χ2v) is 7.20. The summed E-state index contributed by atoms with van der Waals surface area (Å²) < 4.78 is 7.58. The predicted molar refractivity (Wildman–Crippen MR) is 93.3 cm³/mol. The van der Waals surface area contributed by atoms with E-state index in [0.29, 0.717) is 17.5 Å². The van der Waals surface area contributed by atoms with Crippen molar-refractivity contribution < 1.29 is 9.53 Å². The van der Waals surface area contributed by atoms with Crippen LogP contribution >= 0.6 is 23.4 Å². The summed E-state index contributed by atoms with van der Waals surface area (Å²) in [5.41, 5.74) is 0. The Morgan fingerprint density at radius 2 is 2.12 bits per heavy atom. The molecule has 0 bridgehead atoms. The van der Waals surface area contributed by atoms with Crippen LogP contribution in [0, 0.1) is 0 Å². The molecule has 1 saturated heterocycles. The third-order valence-corrected chi connectivity index (χ3v) is 5.39. The zero-order chi connectivity index (χ0) is 16.9. The molecule has 0 radical (unpaired) electrons. The number of thioether (sulfide) groups is 1. The monoisotopic (exact) mass is 366 g/mol. The van der Waals surface area contributed by atoms with Crippen LogP contribution in [0.15, 0.2) is 29.4 Å². The molecule has 1 amide bonds. The highest BCUT2D eigenvalue weighted by Crippen LogP contribution is 2.27. The van der Waals surface area contributed by atoms with E-state index in [1.54, 1.807) is 12.1 Å². The van der Waals surface area contributed by atoms with Crippen molar-refractivity contribution in [3.63, 3.8) is 0 Å². The maximum atomic E-state index is 12.1. The molecule has 3 rings (SSSR count). The van der Waals surface area contributed by atoms with Crippen LogP contribution in [0.25, 0.3) is 0 Å². The summed E-state index contributed by atoms with van der Waals surface area (Å²) in [6.45, 7) is 1.07. The SMILES string of the molecule is Cn1c(COc2ccc(Cl)cc2)nnc1S[C@@H]1CCCCNC1=O. The van der Waals surface area contributed by atoms with E-state index in [-0.39, 0.29) is 11.2 Å². The van der Waals surface area contributed by atoms with Crippen LogP contribution in [0.2, 0.25) is 5.02 Å². The molecule has 0 spiro atoms. The van der Waals surface area contributed by atoms with E-state index in [0.717, 1.165) is 36.7 Å². The first kappa shape index (κ1) is 17.1. The number of amides is 1. The molecule has 1 aliphatic rings. The number of hydrogen-bond donors (Lipinski definition) is 1. The van der Waals surface area contributed by atoms with Gasteiger partial charge in [0, 0.05) is 18.6 Å². The first-order valence-electron chi connectivity index (χ1n) is 7.84. The van der Waals surface area contributed by atoms with E-state index in [4.69, 9.17) is 16.3 Å². The number of carbonyl (C=O) groups excluding carboxylic acids is 1. The van der Waals surface area contributed by atoms with Crippen LogP contribution in [0.1, 0.15) is 25.1 Å². The first-order chi connectivity index (χ1) is 11.6. The lowest BCUT2D eigenvalue weighted by Gasteiger charge is -2.12. The van der Waals surface area contributed by atoms with Crippen molar-refractivity contribution >= 4 is 29.3 Å². The summed E-state index contributed by atoms with van der Waals surface area (Å²) in [7, 11) is 1.89. The van der Waals surface area contributed by atoms with Crippen LogP contribution in [0.4, 0.5) is 0 Å². The predicted octanol–water partition coefficient (Wildman–Crippen LogP) is 2.81. The molecular formula is C16H19ClN4O2S. The molecular weight excluding hydrogens is 348 g/mol. The lowest BCUT2D eigenvalue weighted by molar-refractivity contribution is -0.120. The van der Waals surface area contributed by atoms with Gasteiger partial charge >= 0.3 is 0 Å². The molecule has 8 heteroatoms. The maximum Gasteiger partial charge on any atom is 0.233 e. The van der Waals surface area contributed by atoms with Gasteiger partial charge in [0.05, 0.1) is 5.25 Å². The Kier molecular flexibility index (Phi) is 5.63. The molecule has 1 aromatic heterocycles. The number of aromatic nitrogens is 3. The van der Waals surface area contributed by atoms with Crippen LogP contribution in [-0.4, -0.2) is 32.5 Å². The fourth-order valence-corrected chi connectivity index (χ4v) is 3.61. The second-order valence-electron chi connectivity index (χ2n) is 5.59. The standard InChI is InChI=1S/C16H19ClN4O2S/c1-21-14(10-23-12-7-5-11(17)6-8-12)19-20-16(21)24-13-4-2-3-9-18-15(13)22/h5-8,13H,2-4,9-10H2,1H3,(H,18,22)/t13-/m1/s1. The second kappa shape index (κ2) is 7.90. The molecule has 0 saturated carbocycles. The number of rotatable bonds is 5. The van der Waals surface area contributed by atoms with Crippen molar-refractivity contribution in [1.29, 1.82) is 0 Å². The molecule has 1 fully saturated rings. The summed E-state index contributed by atoms with van der Waals surface area (Å²) in [4.78, 5) is 12.1. The Balaban J connectivity index is 1.62. The third kappa shape index (κ3) is 4.21. The highest BCUT2D eigenvalue weighted by atomic mass is 35.5.